The third-order valence-electron chi connectivity index (χ3n) is 3.76. The fraction of sp³-hybridized carbons (Fsp3) is 0.667. The maximum absolute atomic E-state index is 9.20. The van der Waals surface area contributed by atoms with Crippen molar-refractivity contribution in [1.29, 1.82) is 0 Å². The van der Waals surface area contributed by atoms with E-state index in [2.05, 4.69) is 6.92 Å². The molecule has 0 aliphatic rings. The normalized spacial score (nSPS) is 10.2. The molecule has 20 heavy (non-hydrogen) atoms. The van der Waals surface area contributed by atoms with Gasteiger partial charge in [0.15, 0.2) is 0 Å². The van der Waals surface area contributed by atoms with E-state index in [0.717, 1.165) is 6.42 Å². The third-order valence-corrected chi connectivity index (χ3v) is 3.76. The van der Waals surface area contributed by atoms with Gasteiger partial charge in [0, 0.05) is 0 Å². The topological polar surface area (TPSA) is 20.2 Å². The first-order valence-electron chi connectivity index (χ1n) is 8.11. The molecule has 0 heterocycles. The van der Waals surface area contributed by atoms with E-state index < -0.39 is 0 Å². The molecule has 1 rings (SSSR count). The number of rotatable bonds is 11. The van der Waals surface area contributed by atoms with E-state index in [4.69, 9.17) is 0 Å². The van der Waals surface area contributed by atoms with Crippen LogP contribution in [0.2, 0.25) is 0 Å². The summed E-state index contributed by atoms with van der Waals surface area (Å²) in [5.41, 5.74) is 1.34. The zero-order valence-electron chi connectivity index (χ0n) is 14.5. The summed E-state index contributed by atoms with van der Waals surface area (Å²) in [6.45, 7) is 2.27. The molecule has 0 saturated carbocycles. The average Bonchev–Trinajstić information content (AvgIpc) is 2.43. The van der Waals surface area contributed by atoms with Gasteiger partial charge in [-0.3, -0.25) is 0 Å². The Kier molecular flexibility index (Phi) is 15.1. The van der Waals surface area contributed by atoms with Crippen molar-refractivity contribution in [1.82, 2.24) is 0 Å². The Balaban J connectivity index is 0. The SMILES string of the molecule is CCCCCCCCCCCCc1ccc(O)cc1.[H-].[K+]. The van der Waals surface area contributed by atoms with Crippen molar-refractivity contribution in [3.8, 4) is 5.75 Å². The van der Waals surface area contributed by atoms with E-state index in [1.54, 1.807) is 12.1 Å². The molecule has 1 aromatic rings. The Labute approximate surface area is 169 Å². The van der Waals surface area contributed by atoms with Crippen molar-refractivity contribution in [3.05, 3.63) is 29.8 Å². The summed E-state index contributed by atoms with van der Waals surface area (Å²) in [6.07, 6.45) is 15.0. The van der Waals surface area contributed by atoms with Crippen molar-refractivity contribution < 1.29 is 57.9 Å². The number of aryl methyl sites for hydroxylation is 1. The largest absolute Gasteiger partial charge is 1.00 e. The van der Waals surface area contributed by atoms with E-state index in [0.29, 0.717) is 5.75 Å². The molecular weight excluding hydrogens is 271 g/mol. The summed E-state index contributed by atoms with van der Waals surface area (Å²) in [5, 5.41) is 9.20. The number of phenols is 1. The molecule has 1 aromatic carbocycles. The first-order chi connectivity index (χ1) is 9.33. The molecule has 1 nitrogen and oxygen atoms in total. The van der Waals surface area contributed by atoms with Crippen molar-refractivity contribution in [2.24, 2.45) is 0 Å². The van der Waals surface area contributed by atoms with Crippen LogP contribution >= 0.6 is 0 Å². The van der Waals surface area contributed by atoms with Gasteiger partial charge in [0.25, 0.3) is 0 Å². The zero-order valence-corrected chi connectivity index (χ0v) is 16.7. The van der Waals surface area contributed by atoms with Crippen LogP contribution in [0, 0.1) is 0 Å². The van der Waals surface area contributed by atoms with Gasteiger partial charge in [-0.15, -0.1) is 0 Å². The third kappa shape index (κ3) is 11.3. The standard InChI is InChI=1S/C18H30O.K.H/c1-2-3-4-5-6-7-8-9-10-11-12-17-13-15-18(19)16-14-17;;/h13-16,19H,2-12H2,1H3;;/q;+1;-1. The van der Waals surface area contributed by atoms with E-state index in [1.807, 2.05) is 12.1 Å². The Morgan fingerprint density at radius 3 is 1.70 bits per heavy atom. The van der Waals surface area contributed by atoms with Gasteiger partial charge in [0.05, 0.1) is 0 Å². The summed E-state index contributed by atoms with van der Waals surface area (Å²) < 4.78 is 0. The Morgan fingerprint density at radius 1 is 0.750 bits per heavy atom. The molecular formula is C18H31KO. The van der Waals surface area contributed by atoms with Gasteiger partial charge in [0.2, 0.25) is 0 Å². The molecule has 0 radical (unpaired) electrons. The Bertz CT molecular complexity index is 313. The quantitative estimate of drug-likeness (QED) is 0.492. The van der Waals surface area contributed by atoms with Gasteiger partial charge in [-0.2, -0.15) is 0 Å². The smallest absolute Gasteiger partial charge is 1.00 e. The van der Waals surface area contributed by atoms with Crippen LogP contribution in [0.15, 0.2) is 24.3 Å². The predicted molar refractivity (Wildman–Crippen MR) is 84.8 cm³/mol. The number of benzene rings is 1. The summed E-state index contributed by atoms with van der Waals surface area (Å²) in [6, 6.07) is 7.63. The fourth-order valence-electron chi connectivity index (χ4n) is 2.48. The molecule has 0 aliphatic carbocycles. The molecule has 0 amide bonds. The van der Waals surface area contributed by atoms with Crippen LogP contribution in [-0.4, -0.2) is 5.11 Å². The molecule has 0 fully saturated rings. The van der Waals surface area contributed by atoms with Crippen LogP contribution in [0.1, 0.15) is 78.1 Å². The van der Waals surface area contributed by atoms with Crippen LogP contribution in [0.3, 0.4) is 0 Å². The molecule has 0 spiro atoms. The van der Waals surface area contributed by atoms with Gasteiger partial charge in [-0.05, 0) is 30.5 Å². The minimum atomic E-state index is 0. The number of hydrogen-bond donors (Lipinski definition) is 1. The van der Waals surface area contributed by atoms with Crippen LogP contribution < -0.4 is 51.4 Å². The zero-order chi connectivity index (χ0) is 13.8. The Morgan fingerprint density at radius 2 is 1.20 bits per heavy atom. The number of unbranched alkanes of at least 4 members (excludes halogenated alkanes) is 9. The fourth-order valence-corrected chi connectivity index (χ4v) is 2.48. The van der Waals surface area contributed by atoms with Gasteiger partial charge >= 0.3 is 51.4 Å². The van der Waals surface area contributed by atoms with Crippen LogP contribution in [0.4, 0.5) is 0 Å². The predicted octanol–water partition coefficient (Wildman–Crippen LogP) is 2.97. The molecule has 110 valence electrons. The molecule has 0 aliphatic heterocycles. The second kappa shape index (κ2) is 14.6. The van der Waals surface area contributed by atoms with Crippen LogP contribution in [0.5, 0.6) is 5.75 Å². The number of phenolic OH excluding ortho intramolecular Hbond substituents is 1. The van der Waals surface area contributed by atoms with Crippen molar-refractivity contribution >= 4 is 0 Å². The number of hydrogen-bond acceptors (Lipinski definition) is 1. The molecule has 0 atom stereocenters. The second-order valence-electron chi connectivity index (χ2n) is 5.60. The second-order valence-corrected chi connectivity index (χ2v) is 5.60. The van der Waals surface area contributed by atoms with E-state index in [9.17, 15) is 5.11 Å². The van der Waals surface area contributed by atoms with E-state index >= 15 is 0 Å². The van der Waals surface area contributed by atoms with Gasteiger partial charge in [-0.25, -0.2) is 0 Å². The summed E-state index contributed by atoms with van der Waals surface area (Å²) >= 11 is 0. The van der Waals surface area contributed by atoms with Crippen molar-refractivity contribution in [2.75, 3.05) is 0 Å². The molecule has 0 bridgehead atoms. The first kappa shape index (κ1) is 20.7. The van der Waals surface area contributed by atoms with Gasteiger partial charge < -0.3 is 6.53 Å². The molecule has 1 N–H and O–H groups in total. The monoisotopic (exact) mass is 302 g/mol. The summed E-state index contributed by atoms with van der Waals surface area (Å²) in [4.78, 5) is 0. The molecule has 0 unspecified atom stereocenters. The molecule has 0 saturated heterocycles. The first-order valence-corrected chi connectivity index (χ1v) is 8.11. The number of aromatic hydroxyl groups is 1. The minimum absolute atomic E-state index is 0. The van der Waals surface area contributed by atoms with Crippen LogP contribution in [-0.2, 0) is 6.42 Å². The maximum Gasteiger partial charge on any atom is 1.00 e. The Hall–Kier alpha value is 0.656. The van der Waals surface area contributed by atoms with Crippen LogP contribution in [0.25, 0.3) is 0 Å². The van der Waals surface area contributed by atoms with Gasteiger partial charge in [0.1, 0.15) is 5.75 Å². The summed E-state index contributed by atoms with van der Waals surface area (Å²) in [5.74, 6) is 0.367. The molecule has 2 heteroatoms. The van der Waals surface area contributed by atoms with E-state index in [1.165, 1.54) is 69.8 Å². The summed E-state index contributed by atoms with van der Waals surface area (Å²) in [7, 11) is 0. The van der Waals surface area contributed by atoms with E-state index in [-0.39, 0.29) is 52.8 Å². The van der Waals surface area contributed by atoms with Gasteiger partial charge in [-0.1, -0.05) is 76.8 Å². The van der Waals surface area contributed by atoms with Crippen molar-refractivity contribution in [3.63, 3.8) is 0 Å². The minimum Gasteiger partial charge on any atom is -1.00 e. The molecule has 0 aromatic heterocycles. The maximum atomic E-state index is 9.20. The average molecular weight is 303 g/mol. The van der Waals surface area contributed by atoms with Crippen molar-refractivity contribution in [2.45, 2.75) is 77.6 Å².